The van der Waals surface area contributed by atoms with Crippen LogP contribution in [0.3, 0.4) is 0 Å². The number of carbonyl (C=O) groups excluding carboxylic acids is 3. The minimum atomic E-state index is -0.615. The van der Waals surface area contributed by atoms with Gasteiger partial charge < -0.3 is 29.2 Å². The van der Waals surface area contributed by atoms with Gasteiger partial charge >= 0.3 is 0 Å². The van der Waals surface area contributed by atoms with Crippen molar-refractivity contribution in [2.75, 3.05) is 33.5 Å². The number of hydrogen-bond acceptors (Lipinski definition) is 5. The molecule has 1 aromatic heterocycles. The molecule has 0 unspecified atom stereocenters. The van der Waals surface area contributed by atoms with E-state index in [1.807, 2.05) is 43.4 Å². The zero-order chi connectivity index (χ0) is 27.1. The van der Waals surface area contributed by atoms with Crippen molar-refractivity contribution in [2.24, 2.45) is 0 Å². The number of amides is 3. The SMILES string of the molecule is CCCCN(C)C(=O)CCCN1CC(=O)N2[C@H](c3ccc4c(c3)OCO4)c3[nH]c4ccccc4c3C[C@@H]2C1=O. The lowest BCUT2D eigenvalue weighted by atomic mass is 9.86. The van der Waals surface area contributed by atoms with E-state index < -0.39 is 12.1 Å². The topological polar surface area (TPSA) is 95.2 Å². The summed E-state index contributed by atoms with van der Waals surface area (Å²) in [4.78, 5) is 48.8. The van der Waals surface area contributed by atoms with Gasteiger partial charge in [0.15, 0.2) is 11.5 Å². The van der Waals surface area contributed by atoms with Crippen LogP contribution in [-0.2, 0) is 20.8 Å². The van der Waals surface area contributed by atoms with Crippen LogP contribution in [0.2, 0.25) is 0 Å². The van der Waals surface area contributed by atoms with E-state index in [2.05, 4.69) is 18.0 Å². The lowest BCUT2D eigenvalue weighted by molar-refractivity contribution is -0.158. The van der Waals surface area contributed by atoms with E-state index in [9.17, 15) is 14.4 Å². The number of aromatic amines is 1. The van der Waals surface area contributed by atoms with Crippen molar-refractivity contribution < 1.29 is 23.9 Å². The van der Waals surface area contributed by atoms with Crippen LogP contribution >= 0.6 is 0 Å². The third-order valence-corrected chi connectivity index (χ3v) is 8.15. The van der Waals surface area contributed by atoms with Crippen molar-refractivity contribution in [3.63, 3.8) is 0 Å². The number of hydrogen-bond donors (Lipinski definition) is 1. The predicted octanol–water partition coefficient (Wildman–Crippen LogP) is 3.62. The second-order valence-corrected chi connectivity index (χ2v) is 10.6. The Hall–Kier alpha value is -4.01. The summed E-state index contributed by atoms with van der Waals surface area (Å²) in [5.41, 5.74) is 3.84. The minimum absolute atomic E-state index is 0.00577. The highest BCUT2D eigenvalue weighted by Gasteiger charge is 2.48. The van der Waals surface area contributed by atoms with Gasteiger partial charge in [-0.3, -0.25) is 14.4 Å². The molecule has 204 valence electrons. The highest BCUT2D eigenvalue weighted by Crippen LogP contribution is 2.44. The summed E-state index contributed by atoms with van der Waals surface area (Å²) in [6.07, 6.45) is 3.34. The van der Waals surface area contributed by atoms with E-state index in [0.717, 1.165) is 47.1 Å². The quantitative estimate of drug-likeness (QED) is 0.480. The highest BCUT2D eigenvalue weighted by molar-refractivity contribution is 5.97. The lowest BCUT2D eigenvalue weighted by Gasteiger charge is -2.47. The Morgan fingerprint density at radius 1 is 1.10 bits per heavy atom. The van der Waals surface area contributed by atoms with Gasteiger partial charge in [0.1, 0.15) is 6.04 Å². The van der Waals surface area contributed by atoms with Crippen molar-refractivity contribution in [2.45, 2.75) is 51.1 Å². The number of nitrogens with zero attached hydrogens (tertiary/aromatic N) is 3. The fraction of sp³-hybridized carbons (Fsp3) is 0.433. The van der Waals surface area contributed by atoms with E-state index in [1.54, 1.807) is 14.7 Å². The number of carbonyl (C=O) groups is 3. The summed E-state index contributed by atoms with van der Waals surface area (Å²) in [5, 5.41) is 1.07. The Bertz CT molecular complexity index is 1430. The number of unbranched alkanes of at least 4 members (excludes halogenated alkanes) is 1. The number of benzene rings is 2. The van der Waals surface area contributed by atoms with Gasteiger partial charge in [-0.15, -0.1) is 0 Å². The molecule has 1 saturated heterocycles. The van der Waals surface area contributed by atoms with E-state index in [4.69, 9.17) is 9.47 Å². The van der Waals surface area contributed by atoms with Crippen molar-refractivity contribution >= 4 is 28.6 Å². The average Bonchev–Trinajstić information content (AvgIpc) is 3.57. The summed E-state index contributed by atoms with van der Waals surface area (Å²) < 4.78 is 11.1. The summed E-state index contributed by atoms with van der Waals surface area (Å²) in [6.45, 7) is 3.39. The average molecular weight is 531 g/mol. The molecule has 0 saturated carbocycles. The molecule has 9 heteroatoms. The van der Waals surface area contributed by atoms with Crippen LogP contribution in [0.5, 0.6) is 11.5 Å². The molecule has 0 aliphatic carbocycles. The summed E-state index contributed by atoms with van der Waals surface area (Å²) in [6, 6.07) is 12.7. The third-order valence-electron chi connectivity index (χ3n) is 8.15. The molecule has 3 aromatic rings. The van der Waals surface area contributed by atoms with Crippen LogP contribution in [0.4, 0.5) is 0 Å². The number of ether oxygens (including phenoxy) is 2. The first-order valence-corrected chi connectivity index (χ1v) is 13.8. The molecular weight excluding hydrogens is 496 g/mol. The second-order valence-electron chi connectivity index (χ2n) is 10.6. The molecule has 39 heavy (non-hydrogen) atoms. The molecule has 3 aliphatic rings. The summed E-state index contributed by atoms with van der Waals surface area (Å²) in [7, 11) is 1.82. The van der Waals surface area contributed by atoms with Crippen LogP contribution in [0, 0.1) is 0 Å². The molecule has 0 spiro atoms. The second kappa shape index (κ2) is 10.3. The maximum absolute atomic E-state index is 13.9. The number of para-hydroxylation sites is 1. The third kappa shape index (κ3) is 4.49. The van der Waals surface area contributed by atoms with Crippen LogP contribution in [0.15, 0.2) is 42.5 Å². The maximum Gasteiger partial charge on any atom is 0.246 e. The van der Waals surface area contributed by atoms with Crippen molar-refractivity contribution in [1.82, 2.24) is 19.7 Å². The summed E-state index contributed by atoms with van der Waals surface area (Å²) >= 11 is 0. The van der Waals surface area contributed by atoms with Crippen molar-refractivity contribution in [3.8, 4) is 11.5 Å². The fourth-order valence-electron chi connectivity index (χ4n) is 6.07. The molecule has 6 rings (SSSR count). The van der Waals surface area contributed by atoms with E-state index in [1.165, 1.54) is 0 Å². The van der Waals surface area contributed by atoms with Gasteiger partial charge in [0.05, 0.1) is 12.6 Å². The number of H-pyrrole nitrogens is 1. The number of rotatable bonds is 8. The highest BCUT2D eigenvalue weighted by atomic mass is 16.7. The smallest absolute Gasteiger partial charge is 0.246 e. The molecule has 9 nitrogen and oxygen atoms in total. The van der Waals surface area contributed by atoms with Crippen LogP contribution < -0.4 is 9.47 Å². The van der Waals surface area contributed by atoms with Gasteiger partial charge in [0.2, 0.25) is 24.5 Å². The zero-order valence-electron chi connectivity index (χ0n) is 22.4. The molecule has 0 bridgehead atoms. The lowest BCUT2D eigenvalue weighted by Crippen LogP contribution is -2.63. The van der Waals surface area contributed by atoms with Crippen molar-refractivity contribution in [3.05, 3.63) is 59.3 Å². The number of piperazine rings is 1. The molecule has 2 atom stereocenters. The normalized spacial score (nSPS) is 19.8. The molecule has 1 fully saturated rings. The largest absolute Gasteiger partial charge is 0.454 e. The van der Waals surface area contributed by atoms with Gasteiger partial charge in [-0.25, -0.2) is 0 Å². The van der Waals surface area contributed by atoms with Crippen LogP contribution in [-0.4, -0.2) is 76.9 Å². The maximum atomic E-state index is 13.9. The monoisotopic (exact) mass is 530 g/mol. The first-order valence-electron chi connectivity index (χ1n) is 13.8. The molecule has 2 aromatic carbocycles. The minimum Gasteiger partial charge on any atom is -0.454 e. The first kappa shape index (κ1) is 25.3. The van der Waals surface area contributed by atoms with Crippen LogP contribution in [0.25, 0.3) is 10.9 Å². The molecule has 3 amide bonds. The first-order chi connectivity index (χ1) is 19.0. The molecular formula is C30H34N4O5. The molecule has 1 N–H and O–H groups in total. The van der Waals surface area contributed by atoms with E-state index in [0.29, 0.717) is 37.3 Å². The molecule has 0 radical (unpaired) electrons. The zero-order valence-corrected chi connectivity index (χ0v) is 22.4. The fourth-order valence-corrected chi connectivity index (χ4v) is 6.07. The molecule has 4 heterocycles. The summed E-state index contributed by atoms with van der Waals surface area (Å²) in [5.74, 6) is 1.22. The number of fused-ring (bicyclic) bond motifs is 5. The Labute approximate surface area is 227 Å². The number of nitrogens with one attached hydrogen (secondary N) is 1. The molecule has 3 aliphatic heterocycles. The van der Waals surface area contributed by atoms with E-state index >= 15 is 0 Å². The van der Waals surface area contributed by atoms with Gasteiger partial charge in [-0.2, -0.15) is 0 Å². The predicted molar refractivity (Wildman–Crippen MR) is 145 cm³/mol. The standard InChI is InChI=1S/C30H34N4O5/c1-3-4-13-32(2)26(35)10-7-14-33-17-27(36)34-23(30(33)37)16-21-20-8-5-6-9-22(20)31-28(21)29(34)19-11-12-24-25(15-19)39-18-38-24/h5-6,8-9,11-12,15,23,29,31H,3-4,7,10,13-14,16-18H2,1-2H3/t23-,29-/m1/s1. The van der Waals surface area contributed by atoms with Gasteiger partial charge in [0.25, 0.3) is 0 Å². The Kier molecular flexibility index (Phi) is 6.66. The Morgan fingerprint density at radius 2 is 1.92 bits per heavy atom. The Balaban J connectivity index is 1.28. The van der Waals surface area contributed by atoms with E-state index in [-0.39, 0.29) is 31.1 Å². The number of aromatic nitrogens is 1. The van der Waals surface area contributed by atoms with Gasteiger partial charge in [-0.1, -0.05) is 37.6 Å². The van der Waals surface area contributed by atoms with Crippen molar-refractivity contribution in [1.29, 1.82) is 0 Å². The van der Waals surface area contributed by atoms with Gasteiger partial charge in [0, 0.05) is 49.6 Å². The van der Waals surface area contributed by atoms with Gasteiger partial charge in [-0.05, 0) is 42.2 Å². The van der Waals surface area contributed by atoms with Crippen LogP contribution in [0.1, 0.15) is 55.5 Å². The Morgan fingerprint density at radius 3 is 2.77 bits per heavy atom.